The molecule has 0 saturated heterocycles. The van der Waals surface area contributed by atoms with E-state index in [0.717, 1.165) is 5.56 Å². The van der Waals surface area contributed by atoms with Crippen molar-refractivity contribution in [1.82, 2.24) is 0 Å². The molecule has 0 aliphatic carbocycles. The average molecular weight is 327 g/mol. The molecule has 0 aromatic heterocycles. The molecule has 0 fully saturated rings. The predicted octanol–water partition coefficient (Wildman–Crippen LogP) is 2.92. The summed E-state index contributed by atoms with van der Waals surface area (Å²) in [5.41, 5.74) is 2.37. The molecule has 17 heavy (non-hydrogen) atoms. The van der Waals surface area contributed by atoms with Crippen molar-refractivity contribution in [3.8, 4) is 11.1 Å². The summed E-state index contributed by atoms with van der Waals surface area (Å²) in [7, 11) is -2.86. The minimum atomic E-state index is -2.86. The fourth-order valence-electron chi connectivity index (χ4n) is 1.19. The second kappa shape index (κ2) is 9.15. The summed E-state index contributed by atoms with van der Waals surface area (Å²) in [6.07, 6.45) is 0. The van der Waals surface area contributed by atoms with Gasteiger partial charge in [-0.05, 0) is 0 Å². The quantitative estimate of drug-likeness (QED) is 0.288. The van der Waals surface area contributed by atoms with Crippen LogP contribution in [0.2, 0.25) is 0 Å². The molecule has 0 heterocycles. The second-order valence-electron chi connectivity index (χ2n) is 2.86. The van der Waals surface area contributed by atoms with Crippen LogP contribution in [0.3, 0.4) is 0 Å². The third-order valence-electron chi connectivity index (χ3n) is 1.79. The van der Waals surface area contributed by atoms with E-state index < -0.39 is 11.0 Å². The van der Waals surface area contributed by atoms with Gasteiger partial charge >= 0.3 is 22.4 Å². The van der Waals surface area contributed by atoms with Gasteiger partial charge in [-0.3, -0.25) is 0 Å². The molecule has 0 amide bonds. The van der Waals surface area contributed by atoms with Crippen LogP contribution in [0.25, 0.3) is 11.1 Å². The molecule has 0 unspecified atom stereocenters. The van der Waals surface area contributed by atoms with Crippen LogP contribution in [0.5, 0.6) is 0 Å². The minimum absolute atomic E-state index is 0. The summed E-state index contributed by atoms with van der Waals surface area (Å²) >= 11 is 0. The van der Waals surface area contributed by atoms with Crippen LogP contribution in [-0.4, -0.2) is 4.55 Å². The Kier molecular flexibility index (Phi) is 8.66. The van der Waals surface area contributed by atoms with Gasteiger partial charge in [0.05, 0.1) is 0 Å². The first kappa shape index (κ1) is 16.1. The van der Waals surface area contributed by atoms with Gasteiger partial charge in [0, 0.05) is 11.0 Å². The van der Waals surface area contributed by atoms with Crippen molar-refractivity contribution in [1.29, 1.82) is 0 Å². The summed E-state index contributed by atoms with van der Waals surface area (Å²) in [5, 5.41) is 0. The van der Waals surface area contributed by atoms with Crippen LogP contribution in [0.4, 0.5) is 0 Å². The molecule has 5 heteroatoms. The monoisotopic (exact) mass is 327 g/mol. The van der Waals surface area contributed by atoms with E-state index in [1.807, 2.05) is 36.4 Å². The first-order valence-corrected chi connectivity index (χ1v) is 5.54. The first-order chi connectivity index (χ1) is 7.70. The molecule has 0 aliphatic heterocycles. The largest absolute Gasteiger partial charge is 2.00 e. The van der Waals surface area contributed by atoms with Crippen molar-refractivity contribution < 1.29 is 35.4 Å². The first-order valence-electron chi connectivity index (χ1n) is 4.50. The van der Waals surface area contributed by atoms with Crippen molar-refractivity contribution in [3.63, 3.8) is 0 Å². The summed E-state index contributed by atoms with van der Waals surface area (Å²) in [4.78, 5) is 0. The van der Waals surface area contributed by atoms with E-state index in [9.17, 15) is 0 Å². The Hall–Kier alpha value is -0.910. The molecule has 2 rings (SSSR count). The summed E-state index contributed by atoms with van der Waals surface area (Å²) in [6, 6.07) is 21.5. The SMILES string of the molecule is O=[S-](=O)O.[Nb+2].[c-]1ccccc1-c1ccccc1. The fourth-order valence-corrected chi connectivity index (χ4v) is 1.19. The smallest absolute Gasteiger partial charge is 0.439 e. The van der Waals surface area contributed by atoms with E-state index in [1.54, 1.807) is 0 Å². The Labute approximate surface area is 118 Å². The van der Waals surface area contributed by atoms with Crippen molar-refractivity contribution in [2.75, 3.05) is 0 Å². The molecule has 1 N–H and O–H groups in total. The van der Waals surface area contributed by atoms with Crippen LogP contribution in [-0.2, 0) is 41.8 Å². The van der Waals surface area contributed by atoms with Gasteiger partial charge in [-0.15, -0.1) is 35.9 Å². The molecule has 3 nitrogen and oxygen atoms in total. The van der Waals surface area contributed by atoms with E-state index >= 15 is 0 Å². The van der Waals surface area contributed by atoms with E-state index in [2.05, 4.69) is 24.3 Å². The van der Waals surface area contributed by atoms with Crippen molar-refractivity contribution in [2.45, 2.75) is 0 Å². The van der Waals surface area contributed by atoms with Crippen LogP contribution >= 0.6 is 0 Å². The Bertz CT molecular complexity index is 438. The predicted molar refractivity (Wildman–Crippen MR) is 62.1 cm³/mol. The zero-order valence-corrected chi connectivity index (χ0v) is 11.8. The summed E-state index contributed by atoms with van der Waals surface area (Å²) in [6.45, 7) is 0. The van der Waals surface area contributed by atoms with Gasteiger partial charge in [0.15, 0.2) is 0 Å². The Morgan fingerprint density at radius 3 is 1.94 bits per heavy atom. The maximum Gasteiger partial charge on any atom is 2.00 e. The van der Waals surface area contributed by atoms with Gasteiger partial charge in [-0.1, -0.05) is 35.9 Å². The molecule has 0 spiro atoms. The van der Waals surface area contributed by atoms with Gasteiger partial charge in [0.1, 0.15) is 0 Å². The van der Waals surface area contributed by atoms with Gasteiger partial charge in [-0.2, -0.15) is 0 Å². The molecule has 2 aromatic rings. The molecule has 0 bridgehead atoms. The molecule has 87 valence electrons. The maximum absolute atomic E-state index is 8.56. The van der Waals surface area contributed by atoms with Gasteiger partial charge < -0.3 is 13.0 Å². The summed E-state index contributed by atoms with van der Waals surface area (Å²) < 4.78 is 24.1. The third-order valence-corrected chi connectivity index (χ3v) is 1.79. The third kappa shape index (κ3) is 7.10. The Morgan fingerprint density at radius 2 is 1.47 bits per heavy atom. The summed E-state index contributed by atoms with van der Waals surface area (Å²) in [5.74, 6) is 0. The van der Waals surface area contributed by atoms with Crippen molar-refractivity contribution >= 4 is 11.0 Å². The molecular formula is C12H10NbO3S. The molecule has 0 atom stereocenters. The average Bonchev–Trinajstić information content (AvgIpc) is 2.31. The van der Waals surface area contributed by atoms with Gasteiger partial charge in [0.2, 0.25) is 0 Å². The molecule has 0 saturated carbocycles. The zero-order chi connectivity index (χ0) is 11.8. The number of hydrogen-bond donors (Lipinski definition) is 1. The molecular weight excluding hydrogens is 317 g/mol. The van der Waals surface area contributed by atoms with Crippen molar-refractivity contribution in [3.05, 3.63) is 60.7 Å². The fraction of sp³-hybridized carbons (Fsp3) is 0. The van der Waals surface area contributed by atoms with Crippen LogP contribution < -0.4 is 0 Å². The van der Waals surface area contributed by atoms with Gasteiger partial charge in [-0.25, -0.2) is 0 Å². The Balaban J connectivity index is 0.000000453. The molecule has 2 aromatic carbocycles. The number of benzene rings is 2. The van der Waals surface area contributed by atoms with E-state index in [0.29, 0.717) is 0 Å². The zero-order valence-electron chi connectivity index (χ0n) is 8.82. The minimum Gasteiger partial charge on any atom is -0.439 e. The van der Waals surface area contributed by atoms with Crippen LogP contribution in [0.15, 0.2) is 54.6 Å². The van der Waals surface area contributed by atoms with Crippen LogP contribution in [0.1, 0.15) is 0 Å². The van der Waals surface area contributed by atoms with E-state index in [1.165, 1.54) is 5.56 Å². The number of rotatable bonds is 1. The molecule has 1 radical (unpaired) electrons. The Morgan fingerprint density at radius 1 is 0.941 bits per heavy atom. The normalized spacial score (nSPS) is 8.82. The maximum atomic E-state index is 8.56. The second-order valence-corrected chi connectivity index (χ2v) is 3.29. The van der Waals surface area contributed by atoms with E-state index in [4.69, 9.17) is 13.0 Å². The van der Waals surface area contributed by atoms with E-state index in [-0.39, 0.29) is 22.4 Å². The van der Waals surface area contributed by atoms with Crippen molar-refractivity contribution in [2.24, 2.45) is 0 Å². The topological polar surface area (TPSA) is 54.4 Å². The van der Waals surface area contributed by atoms with Gasteiger partial charge in [0.25, 0.3) is 0 Å². The standard InChI is InChI=1S/C12H9.Nb.HO3S/c1-3-7-11(8-4-1)12-9-5-2-6-10-12;;1-4(2)3/h1-9H;;(H,1,2,3)/q-1;+2;-1. The van der Waals surface area contributed by atoms with Crippen LogP contribution in [0, 0.1) is 6.07 Å². The molecule has 0 aliphatic rings. The number of hydrogen-bond acceptors (Lipinski definition) is 3.